The van der Waals surface area contributed by atoms with E-state index in [9.17, 15) is 18.0 Å². The summed E-state index contributed by atoms with van der Waals surface area (Å²) in [6.45, 7) is 0. The largest absolute Gasteiger partial charge is 0.330 e. The van der Waals surface area contributed by atoms with Gasteiger partial charge in [-0.25, -0.2) is 18.2 Å². The predicted octanol–water partition coefficient (Wildman–Crippen LogP) is 5.62. The lowest BCUT2D eigenvalue weighted by Crippen LogP contribution is -2.15. The number of halogens is 3. The Morgan fingerprint density at radius 2 is 1.73 bits per heavy atom. The lowest BCUT2D eigenvalue weighted by atomic mass is 10.1. The van der Waals surface area contributed by atoms with Crippen LogP contribution in [0.15, 0.2) is 66.3 Å². The molecule has 5 nitrogen and oxygen atoms in total. The van der Waals surface area contributed by atoms with E-state index in [-0.39, 0.29) is 0 Å². The minimum Gasteiger partial charge on any atom is -0.330 e. The van der Waals surface area contributed by atoms with E-state index in [4.69, 9.17) is 0 Å². The molecule has 0 spiro atoms. The topological polar surface area (TPSA) is 66.9 Å². The summed E-state index contributed by atoms with van der Waals surface area (Å²) in [6.07, 6.45) is 3.37. The summed E-state index contributed by atoms with van der Waals surface area (Å²) in [6, 6.07) is 12.0. The standard InChI is InChI=1S/C21H13F3N4OS/c22-16-8-7-15(18(23)19(16)24)20(29)26-13-5-3-12(4-6-13)17-11-30-21(28-17)27-14-2-1-9-25-10-14/h1-11H,(H,26,29)(H,27,28). The molecule has 0 saturated carbocycles. The number of anilines is 3. The highest BCUT2D eigenvalue weighted by molar-refractivity contribution is 7.14. The molecule has 30 heavy (non-hydrogen) atoms. The van der Waals surface area contributed by atoms with Crippen LogP contribution in [0.25, 0.3) is 11.3 Å². The SMILES string of the molecule is O=C(Nc1ccc(-c2csc(Nc3cccnc3)n2)cc1)c1ccc(F)c(F)c1F. The van der Waals surface area contributed by atoms with Gasteiger partial charge in [0.1, 0.15) is 0 Å². The van der Waals surface area contributed by atoms with E-state index in [0.717, 1.165) is 23.0 Å². The second-order valence-electron chi connectivity index (χ2n) is 6.16. The van der Waals surface area contributed by atoms with Gasteiger partial charge in [0.25, 0.3) is 5.91 Å². The molecule has 0 aliphatic rings. The monoisotopic (exact) mass is 426 g/mol. The number of amides is 1. The Morgan fingerprint density at radius 1 is 0.933 bits per heavy atom. The van der Waals surface area contributed by atoms with Crippen molar-refractivity contribution in [2.75, 3.05) is 10.6 Å². The first kappa shape index (κ1) is 19.6. The molecular formula is C21H13F3N4OS. The molecule has 9 heteroatoms. The first-order valence-electron chi connectivity index (χ1n) is 8.69. The van der Waals surface area contributed by atoms with Crippen LogP contribution in [0.4, 0.5) is 29.7 Å². The molecule has 2 N–H and O–H groups in total. The van der Waals surface area contributed by atoms with Crippen molar-refractivity contribution in [3.63, 3.8) is 0 Å². The highest BCUT2D eigenvalue weighted by Crippen LogP contribution is 2.28. The average molecular weight is 426 g/mol. The minimum absolute atomic E-state index is 0.372. The van der Waals surface area contributed by atoms with Crippen molar-refractivity contribution in [1.29, 1.82) is 0 Å². The van der Waals surface area contributed by atoms with Gasteiger partial charge in [-0.1, -0.05) is 12.1 Å². The summed E-state index contributed by atoms with van der Waals surface area (Å²) in [5.74, 6) is -5.44. The smallest absolute Gasteiger partial charge is 0.258 e. The summed E-state index contributed by atoms with van der Waals surface area (Å²) in [5.41, 5.74) is 2.15. The number of nitrogens with one attached hydrogen (secondary N) is 2. The van der Waals surface area contributed by atoms with E-state index in [2.05, 4.69) is 20.6 Å². The van der Waals surface area contributed by atoms with E-state index in [1.165, 1.54) is 11.3 Å². The molecule has 2 aromatic carbocycles. The molecule has 150 valence electrons. The maximum atomic E-state index is 13.8. The van der Waals surface area contributed by atoms with Crippen LogP contribution < -0.4 is 10.6 Å². The van der Waals surface area contributed by atoms with E-state index in [1.54, 1.807) is 36.7 Å². The molecule has 0 radical (unpaired) electrons. The van der Waals surface area contributed by atoms with Crippen molar-refractivity contribution in [1.82, 2.24) is 9.97 Å². The molecular weight excluding hydrogens is 413 g/mol. The number of rotatable bonds is 5. The van der Waals surface area contributed by atoms with Gasteiger partial charge in [-0.3, -0.25) is 9.78 Å². The second kappa shape index (κ2) is 8.34. The Morgan fingerprint density at radius 3 is 2.47 bits per heavy atom. The van der Waals surface area contributed by atoms with Crippen LogP contribution in [0.5, 0.6) is 0 Å². The fourth-order valence-electron chi connectivity index (χ4n) is 2.65. The van der Waals surface area contributed by atoms with Crippen molar-refractivity contribution in [3.8, 4) is 11.3 Å². The lowest BCUT2D eigenvalue weighted by molar-refractivity contribution is 0.102. The highest BCUT2D eigenvalue weighted by atomic mass is 32.1. The van der Waals surface area contributed by atoms with Crippen LogP contribution in [0.1, 0.15) is 10.4 Å². The van der Waals surface area contributed by atoms with Crippen molar-refractivity contribution in [3.05, 3.63) is 89.3 Å². The molecule has 4 aromatic rings. The Bertz CT molecular complexity index is 1200. The number of thiazole rings is 1. The number of carbonyl (C=O) groups excluding carboxylic acids is 1. The lowest BCUT2D eigenvalue weighted by Gasteiger charge is -2.07. The van der Waals surface area contributed by atoms with Crippen LogP contribution >= 0.6 is 11.3 Å². The molecule has 0 saturated heterocycles. The number of nitrogens with zero attached hydrogens (tertiary/aromatic N) is 2. The Hall–Kier alpha value is -3.72. The summed E-state index contributed by atoms with van der Waals surface area (Å²) >= 11 is 1.43. The summed E-state index contributed by atoms with van der Waals surface area (Å²) in [4.78, 5) is 20.7. The predicted molar refractivity (Wildman–Crippen MR) is 109 cm³/mol. The third-order valence-corrected chi connectivity index (χ3v) is 4.89. The van der Waals surface area contributed by atoms with Crippen molar-refractivity contribution >= 4 is 33.8 Å². The third kappa shape index (κ3) is 4.15. The fourth-order valence-corrected chi connectivity index (χ4v) is 3.39. The molecule has 0 fully saturated rings. The minimum atomic E-state index is -1.68. The highest BCUT2D eigenvalue weighted by Gasteiger charge is 2.19. The summed E-state index contributed by atoms with van der Waals surface area (Å²) in [7, 11) is 0. The van der Waals surface area contributed by atoms with Crippen molar-refractivity contribution < 1.29 is 18.0 Å². The molecule has 0 aliphatic carbocycles. The first-order chi connectivity index (χ1) is 14.5. The third-order valence-electron chi connectivity index (χ3n) is 4.14. The van der Waals surface area contributed by atoms with E-state index >= 15 is 0 Å². The zero-order valence-electron chi connectivity index (χ0n) is 15.2. The number of pyridine rings is 1. The zero-order valence-corrected chi connectivity index (χ0v) is 16.0. The molecule has 4 rings (SSSR count). The van der Waals surface area contributed by atoms with Gasteiger partial charge in [0, 0.05) is 22.8 Å². The van der Waals surface area contributed by atoms with Crippen LogP contribution in [0.2, 0.25) is 0 Å². The van der Waals surface area contributed by atoms with E-state index < -0.39 is 28.9 Å². The summed E-state index contributed by atoms with van der Waals surface area (Å²) in [5, 5.41) is 8.19. The first-order valence-corrected chi connectivity index (χ1v) is 9.57. The molecule has 2 aromatic heterocycles. The molecule has 0 atom stereocenters. The normalized spacial score (nSPS) is 10.6. The molecule has 1 amide bonds. The van der Waals surface area contributed by atoms with Crippen molar-refractivity contribution in [2.24, 2.45) is 0 Å². The van der Waals surface area contributed by atoms with Crippen LogP contribution in [0, 0.1) is 17.5 Å². The van der Waals surface area contributed by atoms with E-state index in [1.807, 2.05) is 17.5 Å². The van der Waals surface area contributed by atoms with Gasteiger partial charge in [-0.05, 0) is 36.4 Å². The maximum absolute atomic E-state index is 13.8. The van der Waals surface area contributed by atoms with Gasteiger partial charge in [0.05, 0.1) is 23.1 Å². The zero-order chi connectivity index (χ0) is 21.1. The second-order valence-corrected chi connectivity index (χ2v) is 7.02. The molecule has 0 aliphatic heterocycles. The number of carbonyl (C=O) groups is 1. The van der Waals surface area contributed by atoms with Gasteiger partial charge in [-0.15, -0.1) is 11.3 Å². The Kier molecular flexibility index (Phi) is 5.44. The van der Waals surface area contributed by atoms with Gasteiger partial charge >= 0.3 is 0 Å². The molecule has 2 heterocycles. The summed E-state index contributed by atoms with van der Waals surface area (Å²) < 4.78 is 40.1. The number of benzene rings is 2. The van der Waals surface area contributed by atoms with Gasteiger partial charge < -0.3 is 10.6 Å². The van der Waals surface area contributed by atoms with Crippen LogP contribution in [0.3, 0.4) is 0 Å². The van der Waals surface area contributed by atoms with Gasteiger partial charge in [0.15, 0.2) is 22.6 Å². The van der Waals surface area contributed by atoms with Gasteiger partial charge in [-0.2, -0.15) is 0 Å². The average Bonchev–Trinajstić information content (AvgIpc) is 3.22. The quantitative estimate of drug-likeness (QED) is 0.407. The van der Waals surface area contributed by atoms with Crippen LogP contribution in [-0.4, -0.2) is 15.9 Å². The fraction of sp³-hybridized carbons (Fsp3) is 0. The molecule has 0 bridgehead atoms. The van der Waals surface area contributed by atoms with Crippen LogP contribution in [-0.2, 0) is 0 Å². The number of hydrogen-bond donors (Lipinski definition) is 2. The van der Waals surface area contributed by atoms with Crippen molar-refractivity contribution in [2.45, 2.75) is 0 Å². The van der Waals surface area contributed by atoms with E-state index in [0.29, 0.717) is 16.9 Å². The maximum Gasteiger partial charge on any atom is 0.258 e. The Labute approximate surface area is 173 Å². The number of aromatic nitrogens is 2. The Balaban J connectivity index is 1.46. The number of hydrogen-bond acceptors (Lipinski definition) is 5. The molecule has 0 unspecified atom stereocenters. The van der Waals surface area contributed by atoms with Gasteiger partial charge in [0.2, 0.25) is 0 Å².